The number of ether oxygens (including phenoxy) is 2. The van der Waals surface area contributed by atoms with Crippen molar-refractivity contribution in [2.45, 2.75) is 66.5 Å². The van der Waals surface area contributed by atoms with E-state index in [2.05, 4.69) is 61.5 Å². The molecule has 3 aliphatic rings. The normalized spacial score (nSPS) is 28.5. The zero-order valence-corrected chi connectivity index (χ0v) is 21.8. The third-order valence-corrected chi connectivity index (χ3v) is 9.26. The number of nitrogens with one attached hydrogen (secondary N) is 1. The van der Waals surface area contributed by atoms with Gasteiger partial charge in [-0.1, -0.05) is 20.8 Å². The van der Waals surface area contributed by atoms with Gasteiger partial charge in [0, 0.05) is 43.3 Å². The van der Waals surface area contributed by atoms with Crippen LogP contribution in [-0.2, 0) is 11.3 Å². The minimum Gasteiger partial charge on any atom is -0.495 e. The first-order valence-electron chi connectivity index (χ1n) is 12.9. The number of carbonyl (C=O) groups excluding carboxylic acids is 1. The van der Waals surface area contributed by atoms with Gasteiger partial charge < -0.3 is 19.4 Å². The van der Waals surface area contributed by atoms with Crippen LogP contribution in [0.2, 0.25) is 0 Å². The molecule has 2 aromatic rings. The number of carbonyl (C=O) groups is 1. The molecule has 2 saturated carbocycles. The summed E-state index contributed by atoms with van der Waals surface area (Å²) in [5.74, 6) is 1.60. The number of benzene rings is 1. The molecule has 34 heavy (non-hydrogen) atoms. The van der Waals surface area contributed by atoms with Crippen molar-refractivity contribution >= 4 is 16.8 Å². The van der Waals surface area contributed by atoms with Crippen LogP contribution in [-0.4, -0.2) is 61.4 Å². The molecule has 186 valence electrons. The second-order valence-electron chi connectivity index (χ2n) is 11.8. The van der Waals surface area contributed by atoms with E-state index < -0.39 is 0 Å². The van der Waals surface area contributed by atoms with Gasteiger partial charge in [0.15, 0.2) is 0 Å². The van der Waals surface area contributed by atoms with E-state index in [1.807, 2.05) is 0 Å². The standard InChI is InChI=1S/C28H41N3O3/c1-18-15-21-23(25(32)29-26-27(3,4)20-7-8-28(26,5)17-20)19(2)31(24(21)22(16-18)33-6)10-9-30-11-13-34-14-12-30/h15-16,20,26H,7-14,17H2,1-6H3,(H,29,32)/t20?,26-,28+/m1/s1. The second-order valence-corrected chi connectivity index (χ2v) is 11.8. The summed E-state index contributed by atoms with van der Waals surface area (Å²) in [6.45, 7) is 16.5. The molecule has 2 heterocycles. The first-order chi connectivity index (χ1) is 16.2. The van der Waals surface area contributed by atoms with Crippen LogP contribution in [0.1, 0.15) is 61.6 Å². The number of methoxy groups -OCH3 is 1. The van der Waals surface area contributed by atoms with Crippen LogP contribution in [0.15, 0.2) is 12.1 Å². The Labute approximate surface area is 204 Å². The average Bonchev–Trinajstić information content (AvgIpc) is 3.39. The Morgan fingerprint density at radius 3 is 2.56 bits per heavy atom. The van der Waals surface area contributed by atoms with Gasteiger partial charge in [-0.2, -0.15) is 0 Å². The number of nitrogens with zero attached hydrogens (tertiary/aromatic N) is 2. The van der Waals surface area contributed by atoms with E-state index in [4.69, 9.17) is 9.47 Å². The molecule has 1 amide bonds. The first kappa shape index (κ1) is 23.7. The molecular formula is C28H41N3O3. The minimum absolute atomic E-state index is 0.0622. The van der Waals surface area contributed by atoms with Crippen molar-refractivity contribution in [2.75, 3.05) is 40.0 Å². The number of hydrogen-bond acceptors (Lipinski definition) is 4. The Morgan fingerprint density at radius 2 is 1.91 bits per heavy atom. The van der Waals surface area contributed by atoms with Crippen molar-refractivity contribution in [3.63, 3.8) is 0 Å². The van der Waals surface area contributed by atoms with E-state index in [1.165, 1.54) is 19.3 Å². The maximum absolute atomic E-state index is 14.0. The van der Waals surface area contributed by atoms with Gasteiger partial charge in [-0.3, -0.25) is 9.69 Å². The molecule has 0 radical (unpaired) electrons. The third kappa shape index (κ3) is 3.74. The molecular weight excluding hydrogens is 426 g/mol. The molecule has 5 rings (SSSR count). The van der Waals surface area contributed by atoms with Crippen molar-refractivity contribution in [3.05, 3.63) is 29.0 Å². The van der Waals surface area contributed by atoms with Crippen LogP contribution in [0.5, 0.6) is 5.75 Å². The molecule has 2 aliphatic carbocycles. The van der Waals surface area contributed by atoms with E-state index >= 15 is 0 Å². The number of aromatic nitrogens is 1. The van der Waals surface area contributed by atoms with E-state index in [-0.39, 0.29) is 22.8 Å². The van der Waals surface area contributed by atoms with Crippen LogP contribution in [0, 0.1) is 30.6 Å². The zero-order chi connectivity index (χ0) is 24.3. The van der Waals surface area contributed by atoms with Gasteiger partial charge in [-0.05, 0) is 67.6 Å². The molecule has 3 fully saturated rings. The maximum atomic E-state index is 14.0. The molecule has 0 spiro atoms. The molecule has 6 nitrogen and oxygen atoms in total. The molecule has 1 N–H and O–H groups in total. The molecule has 1 aromatic heterocycles. The first-order valence-corrected chi connectivity index (χ1v) is 12.9. The Kier molecular flexibility index (Phi) is 5.96. The number of fused-ring (bicyclic) bond motifs is 3. The van der Waals surface area contributed by atoms with Crippen molar-refractivity contribution in [3.8, 4) is 5.75 Å². The van der Waals surface area contributed by atoms with Crippen molar-refractivity contribution in [2.24, 2.45) is 16.7 Å². The summed E-state index contributed by atoms with van der Waals surface area (Å²) in [5.41, 5.74) is 4.29. The van der Waals surface area contributed by atoms with Gasteiger partial charge in [0.2, 0.25) is 0 Å². The molecule has 2 bridgehead atoms. The number of morpholine rings is 1. The summed E-state index contributed by atoms with van der Waals surface area (Å²) in [4.78, 5) is 16.4. The van der Waals surface area contributed by atoms with Gasteiger partial charge in [-0.25, -0.2) is 0 Å². The fraction of sp³-hybridized carbons (Fsp3) is 0.679. The Hall–Kier alpha value is -2.05. The number of hydrogen-bond donors (Lipinski definition) is 1. The SMILES string of the molecule is COc1cc(C)cc2c(C(=O)N[C@@H]3C(C)(C)C4CC[C@@]3(C)C4)c(C)n(CCN3CCOCC3)c12. The number of rotatable bonds is 6. The van der Waals surface area contributed by atoms with Crippen LogP contribution >= 0.6 is 0 Å². The summed E-state index contributed by atoms with van der Waals surface area (Å²) in [6, 6.07) is 4.43. The maximum Gasteiger partial charge on any atom is 0.253 e. The van der Waals surface area contributed by atoms with Gasteiger partial charge in [0.1, 0.15) is 5.75 Å². The average molecular weight is 468 g/mol. The topological polar surface area (TPSA) is 55.7 Å². The predicted molar refractivity (Wildman–Crippen MR) is 136 cm³/mol. The highest BCUT2D eigenvalue weighted by molar-refractivity contribution is 6.10. The lowest BCUT2D eigenvalue weighted by atomic mass is 9.68. The Balaban J connectivity index is 1.52. The monoisotopic (exact) mass is 467 g/mol. The van der Waals surface area contributed by atoms with Crippen LogP contribution < -0.4 is 10.1 Å². The number of aryl methyl sites for hydroxylation is 1. The van der Waals surface area contributed by atoms with Gasteiger partial charge >= 0.3 is 0 Å². The summed E-state index contributed by atoms with van der Waals surface area (Å²) in [5, 5.41) is 4.55. The van der Waals surface area contributed by atoms with E-state index in [1.54, 1.807) is 7.11 Å². The lowest BCUT2D eigenvalue weighted by Gasteiger charge is -2.43. The second kappa shape index (κ2) is 8.56. The lowest BCUT2D eigenvalue weighted by Crippen LogP contribution is -2.52. The fourth-order valence-corrected chi connectivity index (χ4v) is 7.37. The molecule has 1 aromatic carbocycles. The Morgan fingerprint density at radius 1 is 1.18 bits per heavy atom. The van der Waals surface area contributed by atoms with Crippen LogP contribution in [0.4, 0.5) is 0 Å². The smallest absolute Gasteiger partial charge is 0.253 e. The molecule has 1 aliphatic heterocycles. The zero-order valence-electron chi connectivity index (χ0n) is 21.8. The van der Waals surface area contributed by atoms with Crippen molar-refractivity contribution in [1.82, 2.24) is 14.8 Å². The summed E-state index contributed by atoms with van der Waals surface area (Å²) >= 11 is 0. The van der Waals surface area contributed by atoms with E-state index in [0.29, 0.717) is 5.92 Å². The quantitative estimate of drug-likeness (QED) is 0.678. The van der Waals surface area contributed by atoms with Crippen molar-refractivity contribution in [1.29, 1.82) is 0 Å². The molecule has 1 saturated heterocycles. The molecule has 3 atom stereocenters. The Bertz CT molecular complexity index is 1090. The summed E-state index contributed by atoms with van der Waals surface area (Å²) in [7, 11) is 1.72. The van der Waals surface area contributed by atoms with Crippen LogP contribution in [0.25, 0.3) is 10.9 Å². The van der Waals surface area contributed by atoms with Crippen molar-refractivity contribution < 1.29 is 14.3 Å². The summed E-state index contributed by atoms with van der Waals surface area (Å²) in [6.07, 6.45) is 3.71. The van der Waals surface area contributed by atoms with E-state index in [9.17, 15) is 4.79 Å². The third-order valence-electron chi connectivity index (χ3n) is 9.26. The van der Waals surface area contributed by atoms with Gasteiger partial charge in [-0.15, -0.1) is 0 Å². The largest absolute Gasteiger partial charge is 0.495 e. The van der Waals surface area contributed by atoms with Gasteiger partial charge in [0.05, 0.1) is 31.4 Å². The molecule has 6 heteroatoms. The van der Waals surface area contributed by atoms with Crippen LogP contribution in [0.3, 0.4) is 0 Å². The minimum atomic E-state index is 0.0622. The highest BCUT2D eigenvalue weighted by Gasteiger charge is 2.59. The fourth-order valence-electron chi connectivity index (χ4n) is 7.37. The summed E-state index contributed by atoms with van der Waals surface area (Å²) < 4.78 is 13.6. The molecule has 1 unspecified atom stereocenters. The number of amides is 1. The lowest BCUT2D eigenvalue weighted by molar-refractivity contribution is 0.0365. The highest BCUT2D eigenvalue weighted by Crippen LogP contribution is 2.62. The highest BCUT2D eigenvalue weighted by atomic mass is 16.5. The van der Waals surface area contributed by atoms with E-state index in [0.717, 1.165) is 72.9 Å². The van der Waals surface area contributed by atoms with Gasteiger partial charge in [0.25, 0.3) is 5.91 Å². The predicted octanol–water partition coefficient (Wildman–Crippen LogP) is 4.54.